The molecule has 0 aromatic carbocycles. The monoisotopic (exact) mass is 394 g/mol. The van der Waals surface area contributed by atoms with Crippen molar-refractivity contribution in [1.82, 2.24) is 12.3 Å². The van der Waals surface area contributed by atoms with E-state index in [0.717, 1.165) is 0 Å². The van der Waals surface area contributed by atoms with Gasteiger partial charge in [0.25, 0.3) is 0 Å². The first-order valence-electron chi connectivity index (χ1n) is 1.79. The van der Waals surface area contributed by atoms with E-state index in [4.69, 9.17) is 48.2 Å². The Balaban J connectivity index is -0.0000000216. The van der Waals surface area contributed by atoms with Gasteiger partial charge in [0.05, 0.1) is 10.2 Å². The van der Waals surface area contributed by atoms with Crippen molar-refractivity contribution in [3.63, 3.8) is 0 Å². The molecule has 0 aromatic rings. The summed E-state index contributed by atoms with van der Waals surface area (Å²) in [6.45, 7) is 0. The van der Waals surface area contributed by atoms with Gasteiger partial charge < -0.3 is 42.9 Å². The van der Waals surface area contributed by atoms with E-state index in [9.17, 15) is 0 Å². The molecule has 0 saturated carbocycles. The molecule has 0 aromatic heterocycles. The van der Waals surface area contributed by atoms with Gasteiger partial charge in [0.1, 0.15) is 0 Å². The van der Waals surface area contributed by atoms with Crippen LogP contribution >= 0.6 is 0 Å². The first-order valence-corrected chi connectivity index (χ1v) is 3.19. The molecule has 8 N–H and O–H groups in total. The zero-order valence-electron chi connectivity index (χ0n) is 7.58. The summed E-state index contributed by atoms with van der Waals surface area (Å²) in [6, 6.07) is 0. The molecule has 0 aliphatic carbocycles. The summed E-state index contributed by atoms with van der Waals surface area (Å²) in [7, 11) is -4.67. The maximum Gasteiger partial charge on any atom is 2.00 e. The fraction of sp³-hybridized carbons (Fsp3) is 0. The van der Waals surface area contributed by atoms with Gasteiger partial charge in [0.2, 0.25) is 0 Å². The van der Waals surface area contributed by atoms with Crippen LogP contribution in [0, 0.1) is 30.6 Å². The van der Waals surface area contributed by atoms with Crippen molar-refractivity contribution in [2.45, 2.75) is 0 Å². The second-order valence-electron chi connectivity index (χ2n) is 0.895. The van der Waals surface area contributed by atoms with Crippen molar-refractivity contribution >= 4 is 59.3 Å². The van der Waals surface area contributed by atoms with E-state index in [1.165, 1.54) is 0 Å². The molecule has 0 spiro atoms. The quantitative estimate of drug-likeness (QED) is 0.163. The largest absolute Gasteiger partial charge is 2.00 e. The van der Waals surface area contributed by atoms with Gasteiger partial charge in [-0.15, -0.1) is 0 Å². The molecule has 96 valence electrons. The molecule has 0 radical (unpaired) electrons. The molecule has 16 heavy (non-hydrogen) atoms. The summed E-state index contributed by atoms with van der Waals surface area (Å²) in [5.74, 6) is 0. The van der Waals surface area contributed by atoms with Gasteiger partial charge in [-0.3, -0.25) is 9.11 Å². The van der Waals surface area contributed by atoms with Gasteiger partial charge in [0, 0.05) is 0 Å². The van der Waals surface area contributed by atoms with E-state index in [0.29, 0.717) is 0 Å². The fourth-order valence-electron chi connectivity index (χ4n) is 0. The van der Waals surface area contributed by atoms with E-state index < -0.39 is 20.6 Å². The summed E-state index contributed by atoms with van der Waals surface area (Å²) in [4.78, 5) is 16.5. The molecule has 0 fully saturated rings. The van der Waals surface area contributed by atoms with Crippen molar-refractivity contribution in [2.75, 3.05) is 0 Å². The summed E-state index contributed by atoms with van der Waals surface area (Å²) in [5, 5.41) is 29.5. The van der Waals surface area contributed by atoms with Gasteiger partial charge in [-0.1, -0.05) is 0 Å². The molecule has 16 heteroatoms. The van der Waals surface area contributed by atoms with Gasteiger partial charge in [0.15, 0.2) is 0 Å². The summed E-state index contributed by atoms with van der Waals surface area (Å²) >= 11 is 0. The smallest absolute Gasteiger partial charge is 0.356 e. The minimum Gasteiger partial charge on any atom is -0.356 e. The molecule has 0 rings (SSSR count). The van der Waals surface area contributed by atoms with Crippen LogP contribution in [0.3, 0.4) is 0 Å². The SMILES string of the molecule is N.N.O=S(=O)(O)O.O=[N+]([O-])[O-].O=[N+]([O-])[O-].[Ba+2]. The van der Waals surface area contributed by atoms with Crippen LogP contribution in [0.1, 0.15) is 0 Å². The van der Waals surface area contributed by atoms with Crippen LogP contribution < -0.4 is 12.3 Å². The Morgan fingerprint density at radius 2 is 0.812 bits per heavy atom. The number of hydrogen-bond donors (Lipinski definition) is 4. The van der Waals surface area contributed by atoms with E-state index in [2.05, 4.69) is 0 Å². The van der Waals surface area contributed by atoms with E-state index >= 15 is 0 Å². The Bertz CT molecular complexity index is 218. The zero-order chi connectivity index (χ0) is 11.7. The number of hydrogen-bond acceptors (Lipinski definition) is 10. The molecular formula is H8BaN4O10S. The Labute approximate surface area is 129 Å². The maximum atomic E-state index is 8.74. The predicted molar refractivity (Wildman–Crippen MR) is 50.7 cm³/mol. The maximum absolute atomic E-state index is 8.74. The minimum absolute atomic E-state index is 0. The van der Waals surface area contributed by atoms with Crippen molar-refractivity contribution in [3.05, 3.63) is 30.6 Å². The van der Waals surface area contributed by atoms with E-state index in [1.807, 2.05) is 0 Å². The minimum atomic E-state index is -4.67. The van der Waals surface area contributed by atoms with Crippen LogP contribution in [0.15, 0.2) is 0 Å². The van der Waals surface area contributed by atoms with Gasteiger partial charge in [-0.05, 0) is 0 Å². The first kappa shape index (κ1) is 36.0. The van der Waals surface area contributed by atoms with Crippen molar-refractivity contribution in [1.29, 1.82) is 0 Å². The number of nitrogens with zero attached hydrogens (tertiary/aromatic N) is 2. The van der Waals surface area contributed by atoms with Crippen LogP contribution in [0.4, 0.5) is 0 Å². The third-order valence-corrected chi connectivity index (χ3v) is 0. The fourth-order valence-corrected chi connectivity index (χ4v) is 0. The van der Waals surface area contributed by atoms with Crippen LogP contribution in [0.25, 0.3) is 0 Å². The van der Waals surface area contributed by atoms with Crippen LogP contribution in [-0.2, 0) is 10.4 Å². The average Bonchev–Trinajstić information content (AvgIpc) is 1.50. The second kappa shape index (κ2) is 20.2. The van der Waals surface area contributed by atoms with Gasteiger partial charge >= 0.3 is 59.3 Å². The van der Waals surface area contributed by atoms with Gasteiger partial charge in [-0.2, -0.15) is 8.42 Å². The Kier molecular flexibility index (Phi) is 45.5. The van der Waals surface area contributed by atoms with Crippen LogP contribution in [0.2, 0.25) is 0 Å². The van der Waals surface area contributed by atoms with E-state index in [1.54, 1.807) is 0 Å². The molecule has 0 amide bonds. The van der Waals surface area contributed by atoms with Crippen LogP contribution in [-0.4, -0.2) is 76.6 Å². The molecular weight excluding hydrogens is 385 g/mol. The standard InChI is InChI=1S/Ba.2NO3.2H3N.H2O4S/c;2*2-1(3)4;;;1-5(2,3)4/h;;;2*1H3;(H2,1,2,3,4)/q+2;2*-1;;;. The molecule has 0 bridgehead atoms. The topological polar surface area (TPSA) is 277 Å². The van der Waals surface area contributed by atoms with Gasteiger partial charge in [-0.25, -0.2) is 0 Å². The molecule has 14 nitrogen and oxygen atoms in total. The first-order chi connectivity index (χ1) is 5.46. The molecule has 0 atom stereocenters. The number of rotatable bonds is 0. The van der Waals surface area contributed by atoms with Crippen molar-refractivity contribution in [2.24, 2.45) is 0 Å². The summed E-state index contributed by atoms with van der Waals surface area (Å²) < 4.78 is 31.6. The average molecular weight is 393 g/mol. The zero-order valence-corrected chi connectivity index (χ0v) is 12.8. The van der Waals surface area contributed by atoms with Crippen LogP contribution in [0.5, 0.6) is 0 Å². The Morgan fingerprint density at radius 3 is 0.812 bits per heavy atom. The molecule has 0 heterocycles. The van der Waals surface area contributed by atoms with E-state index in [-0.39, 0.29) is 61.2 Å². The molecule has 0 unspecified atom stereocenters. The Hall–Kier alpha value is -0.239. The normalized spacial score (nSPS) is 6.62. The third-order valence-electron chi connectivity index (χ3n) is 0. The van der Waals surface area contributed by atoms with Crippen molar-refractivity contribution in [3.8, 4) is 0 Å². The van der Waals surface area contributed by atoms with Crippen molar-refractivity contribution < 1.29 is 27.7 Å². The Morgan fingerprint density at radius 1 is 0.812 bits per heavy atom. The molecule has 0 saturated heterocycles. The summed E-state index contributed by atoms with van der Waals surface area (Å²) in [5.41, 5.74) is 0. The molecule has 0 aliphatic rings. The third kappa shape index (κ3) is 39400. The second-order valence-corrected chi connectivity index (χ2v) is 1.79. The predicted octanol–water partition coefficient (Wildman–Crippen LogP) is -1.19. The summed E-state index contributed by atoms with van der Waals surface area (Å²) in [6.07, 6.45) is 0. The molecule has 0 aliphatic heterocycles.